The van der Waals surface area contributed by atoms with E-state index in [4.69, 9.17) is 0 Å². The fourth-order valence-electron chi connectivity index (χ4n) is 3.09. The first kappa shape index (κ1) is 22.6. The van der Waals surface area contributed by atoms with Gasteiger partial charge < -0.3 is 20.1 Å². The van der Waals surface area contributed by atoms with Gasteiger partial charge in [0.2, 0.25) is 5.91 Å². The second kappa shape index (κ2) is 10.8. The maximum atomic E-state index is 12.6. The normalized spacial score (nSPS) is 11.9. The topological polar surface area (TPSA) is 79.3 Å². The van der Waals surface area contributed by atoms with E-state index < -0.39 is 0 Å². The highest BCUT2D eigenvalue weighted by atomic mass is 32.2. The fraction of sp³-hybridized carbons (Fsp3) is 0.261. The lowest BCUT2D eigenvalue weighted by atomic mass is 10.1. The third-order valence-corrected chi connectivity index (χ3v) is 5.86. The number of hydrogen-bond donors (Lipinski definition) is 2. The predicted octanol–water partition coefficient (Wildman–Crippen LogP) is 3.18. The maximum absolute atomic E-state index is 12.6. The molecule has 162 valence electrons. The van der Waals surface area contributed by atoms with Crippen LogP contribution in [-0.4, -0.2) is 52.7 Å². The number of thioether (sulfide) groups is 1. The molecule has 7 nitrogen and oxygen atoms in total. The van der Waals surface area contributed by atoms with E-state index in [1.807, 2.05) is 50.1 Å². The van der Waals surface area contributed by atoms with Crippen molar-refractivity contribution in [2.24, 2.45) is 7.05 Å². The van der Waals surface area contributed by atoms with Gasteiger partial charge in [0.1, 0.15) is 0 Å². The van der Waals surface area contributed by atoms with Crippen molar-refractivity contribution in [3.05, 3.63) is 78.1 Å². The number of anilines is 1. The number of aromatic nitrogens is 2. The van der Waals surface area contributed by atoms with Crippen LogP contribution in [0.5, 0.6) is 0 Å². The van der Waals surface area contributed by atoms with Crippen molar-refractivity contribution in [3.8, 4) is 0 Å². The summed E-state index contributed by atoms with van der Waals surface area (Å²) >= 11 is 1.37. The van der Waals surface area contributed by atoms with E-state index in [-0.39, 0.29) is 23.6 Å². The van der Waals surface area contributed by atoms with Crippen molar-refractivity contribution in [1.29, 1.82) is 0 Å². The number of carbonyl (C=O) groups is 2. The molecule has 1 unspecified atom stereocenters. The Morgan fingerprint density at radius 1 is 1.10 bits per heavy atom. The number of nitrogens with zero attached hydrogens (tertiary/aromatic N) is 3. The van der Waals surface area contributed by atoms with Gasteiger partial charge in [0, 0.05) is 37.2 Å². The first-order valence-electron chi connectivity index (χ1n) is 9.93. The SMILES string of the molecule is CN(C)C(CNC(=O)c1ccc(NC(=O)CSc2nccn2C)cc1)c1ccccc1. The van der Waals surface area contributed by atoms with Gasteiger partial charge in [-0.25, -0.2) is 4.98 Å². The Hall–Kier alpha value is -3.10. The zero-order chi connectivity index (χ0) is 22.2. The van der Waals surface area contributed by atoms with Gasteiger partial charge in [0.15, 0.2) is 5.16 Å². The molecule has 1 heterocycles. The molecule has 0 aliphatic rings. The van der Waals surface area contributed by atoms with Gasteiger partial charge in [0.25, 0.3) is 5.91 Å². The molecule has 1 atom stereocenters. The quantitative estimate of drug-likeness (QED) is 0.503. The second-order valence-electron chi connectivity index (χ2n) is 7.34. The number of aryl methyl sites for hydroxylation is 1. The minimum Gasteiger partial charge on any atom is -0.350 e. The molecule has 2 amide bonds. The molecule has 1 aromatic heterocycles. The third kappa shape index (κ3) is 6.44. The van der Waals surface area contributed by atoms with Crippen molar-refractivity contribution in [2.45, 2.75) is 11.2 Å². The number of amides is 2. The summed E-state index contributed by atoms with van der Waals surface area (Å²) in [6, 6.07) is 17.1. The molecule has 0 bridgehead atoms. The molecular formula is C23H27N5O2S. The van der Waals surface area contributed by atoms with Crippen molar-refractivity contribution in [3.63, 3.8) is 0 Å². The lowest BCUT2D eigenvalue weighted by Crippen LogP contribution is -2.34. The summed E-state index contributed by atoms with van der Waals surface area (Å²) in [7, 11) is 5.87. The average Bonchev–Trinajstić information content (AvgIpc) is 3.18. The van der Waals surface area contributed by atoms with Gasteiger partial charge in [-0.1, -0.05) is 42.1 Å². The Bertz CT molecular complexity index is 1000. The molecule has 31 heavy (non-hydrogen) atoms. The van der Waals surface area contributed by atoms with Gasteiger partial charge in [0.05, 0.1) is 11.8 Å². The Morgan fingerprint density at radius 3 is 2.42 bits per heavy atom. The van der Waals surface area contributed by atoms with Crippen LogP contribution in [0.1, 0.15) is 22.0 Å². The molecule has 3 aromatic rings. The number of carbonyl (C=O) groups excluding carboxylic acids is 2. The summed E-state index contributed by atoms with van der Waals surface area (Å²) in [5, 5.41) is 6.63. The first-order valence-corrected chi connectivity index (χ1v) is 10.9. The highest BCUT2D eigenvalue weighted by molar-refractivity contribution is 7.99. The smallest absolute Gasteiger partial charge is 0.251 e. The van der Waals surface area contributed by atoms with E-state index >= 15 is 0 Å². The summed E-state index contributed by atoms with van der Waals surface area (Å²) in [5.41, 5.74) is 2.35. The van der Waals surface area contributed by atoms with E-state index in [9.17, 15) is 9.59 Å². The summed E-state index contributed by atoms with van der Waals surface area (Å²) < 4.78 is 1.87. The summed E-state index contributed by atoms with van der Waals surface area (Å²) in [5.74, 6) is -0.00808. The summed E-state index contributed by atoms with van der Waals surface area (Å²) in [6.45, 7) is 0.499. The van der Waals surface area contributed by atoms with Gasteiger partial charge >= 0.3 is 0 Å². The Balaban J connectivity index is 1.51. The largest absolute Gasteiger partial charge is 0.350 e. The number of nitrogens with one attached hydrogen (secondary N) is 2. The lowest BCUT2D eigenvalue weighted by Gasteiger charge is -2.25. The van der Waals surface area contributed by atoms with Crippen LogP contribution in [0.4, 0.5) is 5.69 Å². The Labute approximate surface area is 186 Å². The van der Waals surface area contributed by atoms with Crippen LogP contribution in [0.3, 0.4) is 0 Å². The van der Waals surface area contributed by atoms with E-state index in [1.54, 1.807) is 30.5 Å². The first-order chi connectivity index (χ1) is 14.9. The second-order valence-corrected chi connectivity index (χ2v) is 8.28. The molecule has 0 aliphatic heterocycles. The highest BCUT2D eigenvalue weighted by Gasteiger charge is 2.16. The van der Waals surface area contributed by atoms with Crippen LogP contribution in [0.25, 0.3) is 0 Å². The van der Waals surface area contributed by atoms with Crippen LogP contribution in [0.2, 0.25) is 0 Å². The standard InChI is InChI=1S/C23H27N5O2S/c1-27(2)20(17-7-5-4-6-8-17)15-25-22(30)18-9-11-19(12-10-18)26-21(29)16-31-23-24-13-14-28(23)3/h4-14,20H,15-16H2,1-3H3,(H,25,30)(H,26,29). The minimum absolute atomic E-state index is 0.0833. The van der Waals surface area contributed by atoms with E-state index in [0.29, 0.717) is 17.8 Å². The molecule has 0 saturated heterocycles. The molecule has 0 radical (unpaired) electrons. The molecule has 8 heteroatoms. The molecule has 0 saturated carbocycles. The maximum Gasteiger partial charge on any atom is 0.251 e. The molecule has 0 spiro atoms. The van der Waals surface area contributed by atoms with Crippen LogP contribution in [-0.2, 0) is 11.8 Å². The van der Waals surface area contributed by atoms with Crippen LogP contribution < -0.4 is 10.6 Å². The minimum atomic E-state index is -0.147. The molecule has 0 fully saturated rings. The average molecular weight is 438 g/mol. The highest BCUT2D eigenvalue weighted by Crippen LogP contribution is 2.18. The lowest BCUT2D eigenvalue weighted by molar-refractivity contribution is -0.113. The Morgan fingerprint density at radius 2 is 1.81 bits per heavy atom. The van der Waals surface area contributed by atoms with Gasteiger partial charge in [-0.15, -0.1) is 0 Å². The predicted molar refractivity (Wildman–Crippen MR) is 124 cm³/mol. The monoisotopic (exact) mass is 437 g/mol. The van der Waals surface area contributed by atoms with Gasteiger partial charge in [-0.3, -0.25) is 9.59 Å². The van der Waals surface area contributed by atoms with Crippen molar-refractivity contribution < 1.29 is 9.59 Å². The number of likely N-dealkylation sites (N-methyl/N-ethyl adjacent to an activating group) is 1. The van der Waals surface area contributed by atoms with E-state index in [2.05, 4.69) is 32.7 Å². The summed E-state index contributed by atoms with van der Waals surface area (Å²) in [4.78, 5) is 31.0. The fourth-order valence-corrected chi connectivity index (χ4v) is 3.82. The molecule has 3 rings (SSSR count). The van der Waals surface area contributed by atoms with E-state index in [1.165, 1.54) is 11.8 Å². The molecule has 2 N–H and O–H groups in total. The Kier molecular flexibility index (Phi) is 7.86. The third-order valence-electron chi connectivity index (χ3n) is 4.80. The zero-order valence-corrected chi connectivity index (χ0v) is 18.7. The number of benzene rings is 2. The number of imidazole rings is 1. The van der Waals surface area contributed by atoms with E-state index in [0.717, 1.165) is 10.7 Å². The summed E-state index contributed by atoms with van der Waals surface area (Å²) in [6.07, 6.45) is 3.54. The van der Waals surface area contributed by atoms with Crippen molar-refractivity contribution in [2.75, 3.05) is 31.7 Å². The molecule has 0 aliphatic carbocycles. The molecular weight excluding hydrogens is 410 g/mol. The molecule has 2 aromatic carbocycles. The van der Waals surface area contributed by atoms with Crippen LogP contribution >= 0.6 is 11.8 Å². The van der Waals surface area contributed by atoms with Gasteiger partial charge in [-0.2, -0.15) is 0 Å². The van der Waals surface area contributed by atoms with Crippen LogP contribution in [0, 0.1) is 0 Å². The number of rotatable bonds is 9. The van der Waals surface area contributed by atoms with Gasteiger partial charge in [-0.05, 0) is 43.9 Å². The van der Waals surface area contributed by atoms with Crippen molar-refractivity contribution >= 4 is 29.3 Å². The van der Waals surface area contributed by atoms with Crippen LogP contribution in [0.15, 0.2) is 72.1 Å². The number of hydrogen-bond acceptors (Lipinski definition) is 5. The van der Waals surface area contributed by atoms with Crippen molar-refractivity contribution in [1.82, 2.24) is 19.8 Å². The zero-order valence-electron chi connectivity index (χ0n) is 17.9.